The number of fused-ring (bicyclic) bond motifs is 2. The van der Waals surface area contributed by atoms with Crippen LogP contribution in [0.5, 0.6) is 0 Å². The van der Waals surface area contributed by atoms with Gasteiger partial charge < -0.3 is 5.32 Å². The standard InChI is InChI=1S/C20H26N4O2/c1-21-19(25)18-15-9-3-4-10-16(15)20(26)24(22-18)13-23-12-6-8-14-7-2-5-11-17(14)23/h3-4,9-10,14,17H,2,5-8,11-13H2,1H3,(H,21,25). The first-order valence-electron chi connectivity index (χ1n) is 9.65. The van der Waals surface area contributed by atoms with Crippen molar-refractivity contribution in [1.82, 2.24) is 20.0 Å². The molecule has 0 radical (unpaired) electrons. The van der Waals surface area contributed by atoms with Crippen LogP contribution in [0, 0.1) is 5.92 Å². The first-order valence-corrected chi connectivity index (χ1v) is 9.65. The van der Waals surface area contributed by atoms with Crippen LogP contribution in [-0.2, 0) is 6.67 Å². The number of carbonyl (C=O) groups excluding carboxylic acids is 1. The Morgan fingerprint density at radius 1 is 1.15 bits per heavy atom. The van der Waals surface area contributed by atoms with Gasteiger partial charge in [-0.05, 0) is 37.7 Å². The molecule has 2 heterocycles. The quantitative estimate of drug-likeness (QED) is 0.919. The summed E-state index contributed by atoms with van der Waals surface area (Å²) in [5, 5.41) is 8.26. The minimum absolute atomic E-state index is 0.119. The fourth-order valence-corrected chi connectivity index (χ4v) is 4.69. The highest BCUT2D eigenvalue weighted by atomic mass is 16.2. The molecule has 1 aromatic heterocycles. The van der Waals surface area contributed by atoms with E-state index in [1.807, 2.05) is 12.1 Å². The summed E-state index contributed by atoms with van der Waals surface area (Å²) in [7, 11) is 1.59. The van der Waals surface area contributed by atoms with Crippen LogP contribution in [0.1, 0.15) is 49.0 Å². The van der Waals surface area contributed by atoms with Crippen LogP contribution in [0.4, 0.5) is 0 Å². The van der Waals surface area contributed by atoms with E-state index in [9.17, 15) is 9.59 Å². The van der Waals surface area contributed by atoms with Gasteiger partial charge in [0.25, 0.3) is 11.5 Å². The number of rotatable bonds is 3. The first kappa shape index (κ1) is 17.2. The van der Waals surface area contributed by atoms with E-state index >= 15 is 0 Å². The number of nitrogens with zero attached hydrogens (tertiary/aromatic N) is 3. The van der Waals surface area contributed by atoms with Crippen LogP contribution in [0.3, 0.4) is 0 Å². The van der Waals surface area contributed by atoms with Gasteiger partial charge in [0.15, 0.2) is 5.69 Å². The smallest absolute Gasteiger partial charge is 0.275 e. The van der Waals surface area contributed by atoms with Gasteiger partial charge in [0.2, 0.25) is 0 Å². The number of carbonyl (C=O) groups is 1. The van der Waals surface area contributed by atoms with Crippen molar-refractivity contribution in [3.63, 3.8) is 0 Å². The lowest BCUT2D eigenvalue weighted by molar-refractivity contribution is 0.0314. The largest absolute Gasteiger partial charge is 0.354 e. The summed E-state index contributed by atoms with van der Waals surface area (Å²) in [6.07, 6.45) is 7.56. The van der Waals surface area contributed by atoms with Crippen molar-refractivity contribution >= 4 is 16.7 Å². The average molecular weight is 354 g/mol. The maximum atomic E-state index is 13.0. The molecule has 6 nitrogen and oxygen atoms in total. The van der Waals surface area contributed by atoms with Gasteiger partial charge in [0.1, 0.15) is 0 Å². The highest BCUT2D eigenvalue weighted by Gasteiger charge is 2.33. The normalized spacial score (nSPS) is 23.6. The maximum Gasteiger partial charge on any atom is 0.275 e. The van der Waals surface area contributed by atoms with E-state index in [0.717, 1.165) is 12.5 Å². The van der Waals surface area contributed by atoms with E-state index in [1.165, 1.54) is 43.2 Å². The minimum atomic E-state index is -0.260. The minimum Gasteiger partial charge on any atom is -0.354 e. The first-order chi connectivity index (χ1) is 12.7. The van der Waals surface area contributed by atoms with Gasteiger partial charge >= 0.3 is 0 Å². The molecule has 2 aromatic rings. The SMILES string of the molecule is CNC(=O)c1nn(CN2CCCC3CCCCC32)c(=O)c2ccccc12. The molecule has 1 saturated carbocycles. The second-order valence-electron chi connectivity index (χ2n) is 7.49. The third kappa shape index (κ3) is 3.03. The Balaban J connectivity index is 1.73. The summed E-state index contributed by atoms with van der Waals surface area (Å²) >= 11 is 0. The molecule has 2 fully saturated rings. The Morgan fingerprint density at radius 3 is 2.69 bits per heavy atom. The van der Waals surface area contributed by atoms with E-state index < -0.39 is 0 Å². The van der Waals surface area contributed by atoms with Crippen LogP contribution in [0.25, 0.3) is 10.8 Å². The van der Waals surface area contributed by atoms with Crippen molar-refractivity contribution in [2.45, 2.75) is 51.2 Å². The number of benzene rings is 1. The Morgan fingerprint density at radius 2 is 1.88 bits per heavy atom. The van der Waals surface area contributed by atoms with E-state index in [-0.39, 0.29) is 11.5 Å². The van der Waals surface area contributed by atoms with Crippen molar-refractivity contribution in [3.8, 4) is 0 Å². The van der Waals surface area contributed by atoms with Gasteiger partial charge in [0, 0.05) is 25.0 Å². The zero-order valence-electron chi connectivity index (χ0n) is 15.3. The van der Waals surface area contributed by atoms with E-state index in [1.54, 1.807) is 19.2 Å². The fourth-order valence-electron chi connectivity index (χ4n) is 4.69. The summed E-state index contributed by atoms with van der Waals surface area (Å²) in [5.74, 6) is 0.483. The number of amides is 1. The lowest BCUT2D eigenvalue weighted by atomic mass is 9.78. The molecule has 1 amide bonds. The molecular formula is C20H26N4O2. The maximum absolute atomic E-state index is 13.0. The fraction of sp³-hybridized carbons (Fsp3) is 0.550. The zero-order valence-corrected chi connectivity index (χ0v) is 15.3. The number of likely N-dealkylation sites (tertiary alicyclic amines) is 1. The van der Waals surface area contributed by atoms with Crippen molar-refractivity contribution in [1.29, 1.82) is 0 Å². The lowest BCUT2D eigenvalue weighted by Gasteiger charge is -2.44. The summed E-state index contributed by atoms with van der Waals surface area (Å²) in [6, 6.07) is 7.77. The average Bonchev–Trinajstić information content (AvgIpc) is 2.70. The van der Waals surface area contributed by atoms with E-state index in [4.69, 9.17) is 0 Å². The van der Waals surface area contributed by atoms with Crippen molar-refractivity contribution in [3.05, 3.63) is 40.3 Å². The summed E-state index contributed by atoms with van der Waals surface area (Å²) in [6.45, 7) is 1.46. The monoisotopic (exact) mass is 354 g/mol. The highest BCUT2D eigenvalue weighted by Crippen LogP contribution is 2.35. The summed E-state index contributed by atoms with van der Waals surface area (Å²) in [4.78, 5) is 27.7. The Labute approximate surface area is 153 Å². The molecule has 2 aliphatic rings. The van der Waals surface area contributed by atoms with Gasteiger partial charge in [-0.25, -0.2) is 4.68 Å². The third-order valence-corrected chi connectivity index (χ3v) is 5.98. The van der Waals surface area contributed by atoms with Crippen molar-refractivity contribution in [2.75, 3.05) is 13.6 Å². The second-order valence-corrected chi connectivity index (χ2v) is 7.49. The van der Waals surface area contributed by atoms with Crippen LogP contribution in [-0.4, -0.2) is 40.2 Å². The zero-order chi connectivity index (χ0) is 18.1. The van der Waals surface area contributed by atoms with Crippen molar-refractivity contribution < 1.29 is 4.79 Å². The highest BCUT2D eigenvalue weighted by molar-refractivity contribution is 6.04. The molecule has 2 atom stereocenters. The molecule has 1 aromatic carbocycles. The van der Waals surface area contributed by atoms with Crippen LogP contribution >= 0.6 is 0 Å². The van der Waals surface area contributed by atoms with Crippen molar-refractivity contribution in [2.24, 2.45) is 5.92 Å². The molecule has 4 rings (SSSR count). The summed E-state index contributed by atoms with van der Waals surface area (Å²) < 4.78 is 1.49. The molecule has 1 aliphatic carbocycles. The Kier molecular flexibility index (Phi) is 4.76. The molecule has 6 heteroatoms. The predicted molar refractivity (Wildman–Crippen MR) is 101 cm³/mol. The van der Waals surface area contributed by atoms with E-state index in [0.29, 0.717) is 29.2 Å². The van der Waals surface area contributed by atoms with Gasteiger partial charge in [-0.2, -0.15) is 5.10 Å². The Bertz CT molecular complexity index is 874. The van der Waals surface area contributed by atoms with Crippen LogP contribution < -0.4 is 10.9 Å². The van der Waals surface area contributed by atoms with Crippen LogP contribution in [0.15, 0.2) is 29.1 Å². The number of nitrogens with one attached hydrogen (secondary N) is 1. The predicted octanol–water partition coefficient (Wildman–Crippen LogP) is 2.37. The molecule has 26 heavy (non-hydrogen) atoms. The number of hydrogen-bond donors (Lipinski definition) is 1. The molecule has 2 unspecified atom stereocenters. The molecule has 0 spiro atoms. The number of piperidine rings is 1. The van der Waals surface area contributed by atoms with Crippen LogP contribution in [0.2, 0.25) is 0 Å². The van der Waals surface area contributed by atoms with Gasteiger partial charge in [0.05, 0.1) is 12.1 Å². The Hall–Kier alpha value is -2.21. The molecule has 1 saturated heterocycles. The molecular weight excluding hydrogens is 328 g/mol. The van der Waals surface area contributed by atoms with Gasteiger partial charge in [-0.15, -0.1) is 0 Å². The third-order valence-electron chi connectivity index (χ3n) is 5.98. The topological polar surface area (TPSA) is 67.2 Å². The number of hydrogen-bond acceptors (Lipinski definition) is 4. The van der Waals surface area contributed by atoms with Gasteiger partial charge in [-0.3, -0.25) is 14.5 Å². The lowest BCUT2D eigenvalue weighted by Crippen LogP contribution is -2.49. The molecule has 138 valence electrons. The number of aromatic nitrogens is 2. The van der Waals surface area contributed by atoms with Gasteiger partial charge in [-0.1, -0.05) is 31.0 Å². The summed E-state index contributed by atoms with van der Waals surface area (Å²) in [5.41, 5.74) is 0.200. The molecule has 1 aliphatic heterocycles. The van der Waals surface area contributed by atoms with E-state index in [2.05, 4.69) is 15.3 Å². The second kappa shape index (κ2) is 7.19. The molecule has 0 bridgehead atoms. The molecule has 1 N–H and O–H groups in total.